The number of rotatable bonds is 11. The van der Waals surface area contributed by atoms with Crippen LogP contribution in [0.25, 0.3) is 33.4 Å². The standard InChI is InChI=1S/C55H72N10O7S/c1-10-64-45-14-13-36-26-39(45)41(49(64)40-27-37(30-57-47(40)34(4)70-9)63-23-21-61(7)22-24-63)29-55(5,6)32-72-54(69)42-12-11-20-65(60-42)52(67)43(28-46-58-44(36)31-73-46)59-51(66)48(33(2)3)62(8)53(68)50-38(17-25-71-50)35-15-18-56-19-16-35/h13-16,18-19,26-27,30-31,33-34,38,42-43,48,50,60H,10-12,17,20-25,28-29,32H2,1-9H3,(H,59,66)/t34-,38+,42-,43-,48-,50+/m0/s1. The summed E-state index contributed by atoms with van der Waals surface area (Å²) in [5, 5.41) is 8.22. The van der Waals surface area contributed by atoms with Crippen molar-refractivity contribution in [1.82, 2.24) is 45.1 Å². The average Bonchev–Trinajstić information content (AvgIpc) is 4.15. The number of hydrazine groups is 1. The van der Waals surface area contributed by atoms with E-state index in [1.165, 1.54) is 21.2 Å². The molecule has 390 valence electrons. The highest BCUT2D eigenvalue weighted by atomic mass is 32.1. The monoisotopic (exact) mass is 1020 g/mol. The van der Waals surface area contributed by atoms with Crippen LogP contribution < -0.4 is 15.6 Å². The molecule has 6 atom stereocenters. The molecule has 0 unspecified atom stereocenters. The fourth-order valence-electron chi connectivity index (χ4n) is 11.1. The van der Waals surface area contributed by atoms with Gasteiger partial charge in [0.05, 0.1) is 46.7 Å². The number of aromatic nitrogens is 4. The number of carbonyl (C=O) groups excluding carboxylic acids is 4. The van der Waals surface area contributed by atoms with Gasteiger partial charge in [0.25, 0.3) is 11.8 Å². The van der Waals surface area contributed by atoms with E-state index >= 15 is 0 Å². The number of anilines is 1. The Morgan fingerprint density at radius 2 is 1.81 bits per heavy atom. The lowest BCUT2D eigenvalue weighted by molar-refractivity contribution is -0.155. The number of hydrogen-bond acceptors (Lipinski definition) is 14. The summed E-state index contributed by atoms with van der Waals surface area (Å²) in [6.07, 6.45) is 6.65. The van der Waals surface area contributed by atoms with Crippen molar-refractivity contribution < 1.29 is 33.4 Å². The Morgan fingerprint density at radius 1 is 1.04 bits per heavy atom. The second-order valence-electron chi connectivity index (χ2n) is 21.4. The lowest BCUT2D eigenvalue weighted by atomic mass is 9.84. The average molecular weight is 1020 g/mol. The lowest BCUT2D eigenvalue weighted by Crippen LogP contribution is -2.62. The number of hydrogen-bond donors (Lipinski definition) is 2. The summed E-state index contributed by atoms with van der Waals surface area (Å²) < 4.78 is 20.6. The molecule has 1 aromatic carbocycles. The first kappa shape index (κ1) is 52.1. The van der Waals surface area contributed by atoms with E-state index in [2.05, 4.69) is 82.2 Å². The number of benzene rings is 1. The molecule has 0 saturated carbocycles. The van der Waals surface area contributed by atoms with Crippen LogP contribution in [0.2, 0.25) is 0 Å². The maximum absolute atomic E-state index is 14.8. The van der Waals surface area contributed by atoms with E-state index in [9.17, 15) is 19.2 Å². The highest BCUT2D eigenvalue weighted by molar-refractivity contribution is 7.10. The number of amides is 3. The number of carbonyl (C=O) groups is 4. The molecule has 3 fully saturated rings. The first-order valence-corrected chi connectivity index (χ1v) is 26.8. The molecule has 2 N–H and O–H groups in total. The van der Waals surface area contributed by atoms with E-state index in [1.807, 2.05) is 44.5 Å². The van der Waals surface area contributed by atoms with Crippen LogP contribution in [0.5, 0.6) is 0 Å². The number of pyridine rings is 2. The van der Waals surface area contributed by atoms with Gasteiger partial charge in [-0.25, -0.2) is 10.4 Å². The first-order chi connectivity index (χ1) is 35.0. The van der Waals surface area contributed by atoms with Crippen molar-refractivity contribution in [3.63, 3.8) is 0 Å². The van der Waals surface area contributed by atoms with Crippen LogP contribution in [0.15, 0.2) is 60.4 Å². The molecule has 4 aromatic heterocycles. The van der Waals surface area contributed by atoms with Crippen molar-refractivity contribution in [2.45, 2.75) is 116 Å². The Balaban J connectivity index is 1.09. The highest BCUT2D eigenvalue weighted by Crippen LogP contribution is 2.43. The van der Waals surface area contributed by atoms with E-state index in [0.717, 1.165) is 82.1 Å². The molecule has 5 aromatic rings. The molecule has 73 heavy (non-hydrogen) atoms. The van der Waals surface area contributed by atoms with Gasteiger partial charge in [-0.15, -0.1) is 11.3 Å². The summed E-state index contributed by atoms with van der Waals surface area (Å²) >= 11 is 1.42. The molecule has 0 radical (unpaired) electrons. The fourth-order valence-corrected chi connectivity index (χ4v) is 12.0. The van der Waals surface area contributed by atoms with Crippen molar-refractivity contribution in [2.24, 2.45) is 11.3 Å². The Bertz CT molecular complexity index is 2810. The molecule has 4 aliphatic heterocycles. The number of esters is 1. The Morgan fingerprint density at radius 3 is 2.53 bits per heavy atom. The van der Waals surface area contributed by atoms with Crippen molar-refractivity contribution in [2.75, 3.05) is 72.0 Å². The van der Waals surface area contributed by atoms with Gasteiger partial charge in [-0.2, -0.15) is 0 Å². The third-order valence-electron chi connectivity index (χ3n) is 15.2. The molecule has 9 rings (SSSR count). The van der Waals surface area contributed by atoms with Crippen LogP contribution >= 0.6 is 11.3 Å². The number of methoxy groups -OCH3 is 1. The van der Waals surface area contributed by atoms with E-state index in [4.69, 9.17) is 24.2 Å². The number of nitrogens with one attached hydrogen (secondary N) is 2. The molecule has 0 spiro atoms. The number of likely N-dealkylation sites (N-methyl/N-ethyl adjacent to an activating group) is 2. The van der Waals surface area contributed by atoms with Crippen molar-refractivity contribution >= 4 is 51.6 Å². The van der Waals surface area contributed by atoms with Gasteiger partial charge in [0.1, 0.15) is 24.2 Å². The first-order valence-electron chi connectivity index (χ1n) is 25.9. The number of piperazine rings is 1. The molecule has 17 nitrogen and oxygen atoms in total. The molecule has 6 bridgehead atoms. The van der Waals surface area contributed by atoms with Crippen LogP contribution in [0.4, 0.5) is 5.69 Å². The minimum atomic E-state index is -1.09. The number of nitrogens with zero attached hydrogens (tertiary/aromatic N) is 8. The van der Waals surface area contributed by atoms with E-state index in [-0.39, 0.29) is 36.9 Å². The molecule has 3 saturated heterocycles. The van der Waals surface area contributed by atoms with Gasteiger partial charge in [-0.3, -0.25) is 34.2 Å². The van der Waals surface area contributed by atoms with Crippen molar-refractivity contribution in [3.05, 3.63) is 82.2 Å². The summed E-state index contributed by atoms with van der Waals surface area (Å²) in [6, 6.07) is 9.73. The zero-order valence-corrected chi connectivity index (χ0v) is 44.7. The molecule has 18 heteroatoms. The smallest absolute Gasteiger partial charge is 0.324 e. The molecular formula is C55H72N10O7S. The summed E-state index contributed by atoms with van der Waals surface area (Å²) in [7, 11) is 5.50. The fraction of sp³-hybridized carbons (Fsp3) is 0.545. The maximum atomic E-state index is 14.8. The van der Waals surface area contributed by atoms with Crippen LogP contribution in [-0.4, -0.2) is 149 Å². The van der Waals surface area contributed by atoms with Gasteiger partial charge in [-0.1, -0.05) is 33.8 Å². The Kier molecular flexibility index (Phi) is 15.7. The number of ether oxygens (including phenoxy) is 3. The van der Waals surface area contributed by atoms with Gasteiger partial charge in [0.2, 0.25) is 5.91 Å². The quantitative estimate of drug-likeness (QED) is 0.139. The largest absolute Gasteiger partial charge is 0.464 e. The third-order valence-corrected chi connectivity index (χ3v) is 16.1. The van der Waals surface area contributed by atoms with Crippen LogP contribution in [0.3, 0.4) is 0 Å². The van der Waals surface area contributed by atoms with E-state index < -0.39 is 47.4 Å². The second kappa shape index (κ2) is 22.0. The summed E-state index contributed by atoms with van der Waals surface area (Å²) in [4.78, 5) is 78.5. The maximum Gasteiger partial charge on any atom is 0.324 e. The predicted molar refractivity (Wildman–Crippen MR) is 282 cm³/mol. The number of fused-ring (bicyclic) bond motifs is 6. The lowest BCUT2D eigenvalue weighted by Gasteiger charge is -2.37. The normalized spacial score (nSPS) is 22.8. The topological polar surface area (TPSA) is 177 Å². The summed E-state index contributed by atoms with van der Waals surface area (Å²) in [5.41, 5.74) is 11.4. The zero-order valence-electron chi connectivity index (χ0n) is 43.9. The van der Waals surface area contributed by atoms with Gasteiger partial charge in [0.15, 0.2) is 0 Å². The number of thiazole rings is 1. The SMILES string of the molecule is CCn1c(-c2cc(N3CCN(C)CC3)cnc2[C@H](C)OC)c2c3cc(ccc31)-c1csc(n1)C[C@H](NC(=O)[C@H](C(C)C)N(C)C(=O)[C@@H]1OCC[C@@H]1c1ccncc1)C(=O)N1CCC[C@H](N1)C(=O)OCC(C)(C)C2. The number of cyclic esters (lactones) is 1. The predicted octanol–water partition coefficient (Wildman–Crippen LogP) is 6.41. The van der Waals surface area contributed by atoms with Gasteiger partial charge < -0.3 is 38.8 Å². The minimum Gasteiger partial charge on any atom is -0.464 e. The molecular weight excluding hydrogens is 945 g/mol. The van der Waals surface area contributed by atoms with Gasteiger partial charge >= 0.3 is 5.97 Å². The van der Waals surface area contributed by atoms with Crippen molar-refractivity contribution in [1.29, 1.82) is 0 Å². The second-order valence-corrected chi connectivity index (χ2v) is 22.3. The Hall–Kier alpha value is -5.79. The highest BCUT2D eigenvalue weighted by Gasteiger charge is 2.43. The van der Waals surface area contributed by atoms with Crippen LogP contribution in [0, 0.1) is 11.3 Å². The molecule has 0 aliphatic carbocycles. The Labute approximate surface area is 432 Å². The van der Waals surface area contributed by atoms with E-state index in [1.54, 1.807) is 26.6 Å². The molecule has 4 aliphatic rings. The van der Waals surface area contributed by atoms with Crippen LogP contribution in [0.1, 0.15) is 94.7 Å². The molecule has 3 amide bonds. The van der Waals surface area contributed by atoms with Gasteiger partial charge in [0, 0.05) is 118 Å². The van der Waals surface area contributed by atoms with Crippen molar-refractivity contribution in [3.8, 4) is 22.5 Å². The van der Waals surface area contributed by atoms with Crippen LogP contribution in [-0.2, 0) is 52.8 Å². The zero-order chi connectivity index (χ0) is 51.7. The third kappa shape index (κ3) is 10.9. The molecule has 8 heterocycles. The van der Waals surface area contributed by atoms with E-state index in [0.29, 0.717) is 50.4 Å². The minimum absolute atomic E-state index is 0.0794. The number of aryl methyl sites for hydroxylation is 1. The summed E-state index contributed by atoms with van der Waals surface area (Å²) in [6.45, 7) is 17.5. The summed E-state index contributed by atoms with van der Waals surface area (Å²) in [5.74, 6) is -2.15. The van der Waals surface area contributed by atoms with Gasteiger partial charge in [-0.05, 0) is 94.0 Å².